The monoisotopic (exact) mass is 346 g/mol. The van der Waals surface area contributed by atoms with E-state index >= 15 is 0 Å². The molecule has 0 fully saturated rings. The average Bonchev–Trinajstić information content (AvgIpc) is 2.41. The topological polar surface area (TPSA) is 41.1 Å². The number of urea groups is 1. The molecule has 0 saturated heterocycles. The molecule has 0 spiro atoms. The third-order valence-electron chi connectivity index (χ3n) is 2.63. The number of amides is 2. The van der Waals surface area contributed by atoms with E-state index in [0.29, 0.717) is 15.6 Å². The Morgan fingerprint density at radius 1 is 1.05 bits per heavy atom. The summed E-state index contributed by atoms with van der Waals surface area (Å²) in [5, 5.41) is 6.17. The van der Waals surface area contributed by atoms with Crippen molar-refractivity contribution >= 4 is 46.5 Å². The van der Waals surface area contributed by atoms with Gasteiger partial charge in [-0.25, -0.2) is 9.18 Å². The van der Waals surface area contributed by atoms with Crippen molar-refractivity contribution < 1.29 is 9.18 Å². The zero-order valence-electron chi connectivity index (χ0n) is 10.6. The van der Waals surface area contributed by atoms with Gasteiger partial charge in [0.05, 0.1) is 5.69 Å². The minimum atomic E-state index is -0.609. The molecule has 110 valence electrons. The zero-order valence-corrected chi connectivity index (χ0v) is 12.9. The van der Waals surface area contributed by atoms with Crippen molar-refractivity contribution in [2.24, 2.45) is 0 Å². The first-order valence-corrected chi connectivity index (χ1v) is 7.03. The Balaban J connectivity index is 1.96. The van der Waals surface area contributed by atoms with Crippen LogP contribution in [0.25, 0.3) is 0 Å². The molecule has 0 aromatic heterocycles. The van der Waals surface area contributed by atoms with Gasteiger partial charge >= 0.3 is 6.03 Å². The van der Waals surface area contributed by atoms with Crippen LogP contribution in [0.3, 0.4) is 0 Å². The number of benzene rings is 2. The molecule has 2 rings (SSSR count). The van der Waals surface area contributed by atoms with Crippen LogP contribution in [0.1, 0.15) is 5.56 Å². The summed E-state index contributed by atoms with van der Waals surface area (Å²) in [5.41, 5.74) is 0.742. The largest absolute Gasteiger partial charge is 0.334 e. The summed E-state index contributed by atoms with van der Waals surface area (Å²) in [6, 6.07) is 8.38. The minimum Gasteiger partial charge on any atom is -0.334 e. The van der Waals surface area contributed by atoms with E-state index in [2.05, 4.69) is 10.6 Å². The summed E-state index contributed by atoms with van der Waals surface area (Å²) in [4.78, 5) is 11.7. The molecule has 7 heteroatoms. The maximum Gasteiger partial charge on any atom is 0.319 e. The molecule has 2 aromatic carbocycles. The third kappa shape index (κ3) is 4.49. The number of hydrogen-bond acceptors (Lipinski definition) is 1. The number of halogens is 4. The molecule has 0 aliphatic rings. The Kier molecular flexibility index (Phi) is 5.28. The van der Waals surface area contributed by atoms with Crippen LogP contribution in [-0.4, -0.2) is 6.03 Å². The molecule has 0 aliphatic heterocycles. The Hall–Kier alpha value is -1.49. The highest BCUT2D eigenvalue weighted by Crippen LogP contribution is 2.21. The van der Waals surface area contributed by atoms with Crippen LogP contribution in [0.5, 0.6) is 0 Å². The summed E-state index contributed by atoms with van der Waals surface area (Å²) < 4.78 is 13.5. The molecule has 2 amide bonds. The minimum absolute atomic E-state index is 0.0408. The van der Waals surface area contributed by atoms with Gasteiger partial charge in [-0.2, -0.15) is 0 Å². The van der Waals surface area contributed by atoms with Gasteiger partial charge in [0.15, 0.2) is 0 Å². The lowest BCUT2D eigenvalue weighted by atomic mass is 10.2. The Bertz CT molecular complexity index is 679. The molecule has 0 saturated carbocycles. The second-order valence-corrected chi connectivity index (χ2v) is 5.45. The first-order chi connectivity index (χ1) is 9.95. The molecule has 0 aliphatic carbocycles. The molecule has 3 nitrogen and oxygen atoms in total. The number of hydrogen-bond donors (Lipinski definition) is 2. The molecule has 0 atom stereocenters. The van der Waals surface area contributed by atoms with Crippen molar-refractivity contribution in [3.8, 4) is 0 Å². The maximum absolute atomic E-state index is 13.5. The zero-order chi connectivity index (χ0) is 15.4. The lowest BCUT2D eigenvalue weighted by molar-refractivity contribution is 0.251. The first kappa shape index (κ1) is 15.9. The van der Waals surface area contributed by atoms with E-state index in [9.17, 15) is 9.18 Å². The molecule has 2 aromatic rings. The highest BCUT2D eigenvalue weighted by atomic mass is 35.5. The normalized spacial score (nSPS) is 10.3. The summed E-state index contributed by atoms with van der Waals surface area (Å²) in [5.74, 6) is -0.609. The van der Waals surface area contributed by atoms with E-state index in [1.54, 1.807) is 18.2 Å². The lowest BCUT2D eigenvalue weighted by Gasteiger charge is -2.09. The van der Waals surface area contributed by atoms with Gasteiger partial charge in [-0.05, 0) is 35.9 Å². The van der Waals surface area contributed by atoms with E-state index in [-0.39, 0.29) is 17.3 Å². The third-order valence-corrected chi connectivity index (χ3v) is 3.46. The molecule has 0 heterocycles. The Morgan fingerprint density at radius 3 is 2.38 bits per heavy atom. The fourth-order valence-electron chi connectivity index (χ4n) is 1.60. The predicted molar refractivity (Wildman–Crippen MR) is 83.7 cm³/mol. The standard InChI is InChI=1S/C14H10Cl3FN2O/c15-9-2-1-8(11(17)5-9)7-19-14(21)20-13-4-3-10(16)6-12(13)18/h1-6H,7H2,(H2,19,20,21). The van der Waals surface area contributed by atoms with E-state index in [0.717, 1.165) is 6.07 Å². The molecule has 0 radical (unpaired) electrons. The van der Waals surface area contributed by atoms with E-state index < -0.39 is 11.8 Å². The quantitative estimate of drug-likeness (QED) is 0.796. The average molecular weight is 348 g/mol. The van der Waals surface area contributed by atoms with Gasteiger partial charge in [0.2, 0.25) is 0 Å². The molecule has 0 bridgehead atoms. The van der Waals surface area contributed by atoms with Crippen LogP contribution >= 0.6 is 34.8 Å². The highest BCUT2D eigenvalue weighted by molar-refractivity contribution is 6.35. The van der Waals surface area contributed by atoms with Gasteiger partial charge < -0.3 is 10.6 Å². The predicted octanol–water partition coefficient (Wildman–Crippen LogP) is 5.11. The number of carbonyl (C=O) groups is 1. The van der Waals surface area contributed by atoms with Crippen molar-refractivity contribution in [2.45, 2.75) is 6.54 Å². The van der Waals surface area contributed by atoms with Crippen molar-refractivity contribution in [1.29, 1.82) is 0 Å². The van der Waals surface area contributed by atoms with Crippen molar-refractivity contribution in [3.63, 3.8) is 0 Å². The van der Waals surface area contributed by atoms with Gasteiger partial charge in [0.1, 0.15) is 5.82 Å². The van der Waals surface area contributed by atoms with Gasteiger partial charge in [-0.3, -0.25) is 0 Å². The van der Waals surface area contributed by atoms with E-state index in [1.165, 1.54) is 12.1 Å². The summed E-state index contributed by atoms with van der Waals surface area (Å²) >= 11 is 17.4. The molecule has 2 N–H and O–H groups in total. The Labute approximate surface area is 136 Å². The number of rotatable bonds is 3. The number of nitrogens with one attached hydrogen (secondary N) is 2. The van der Waals surface area contributed by atoms with Gasteiger partial charge in [-0.15, -0.1) is 0 Å². The summed E-state index contributed by atoms with van der Waals surface area (Å²) in [6.07, 6.45) is 0. The number of carbonyl (C=O) groups excluding carboxylic acids is 1. The van der Waals surface area contributed by atoms with Gasteiger partial charge in [-0.1, -0.05) is 40.9 Å². The Morgan fingerprint density at radius 2 is 1.71 bits per heavy atom. The molecule has 21 heavy (non-hydrogen) atoms. The second kappa shape index (κ2) is 6.98. The van der Waals surface area contributed by atoms with Crippen LogP contribution in [0.4, 0.5) is 14.9 Å². The van der Waals surface area contributed by atoms with Crippen molar-refractivity contribution in [1.82, 2.24) is 5.32 Å². The number of anilines is 1. The maximum atomic E-state index is 13.5. The molecule has 0 unspecified atom stereocenters. The van der Waals surface area contributed by atoms with Crippen molar-refractivity contribution in [2.75, 3.05) is 5.32 Å². The summed E-state index contributed by atoms with van der Waals surface area (Å²) in [7, 11) is 0. The van der Waals surface area contributed by atoms with Crippen molar-refractivity contribution in [3.05, 3.63) is 62.8 Å². The lowest BCUT2D eigenvalue weighted by Crippen LogP contribution is -2.28. The molecular formula is C14H10Cl3FN2O. The smallest absolute Gasteiger partial charge is 0.319 e. The van der Waals surface area contributed by atoms with Gasteiger partial charge in [0, 0.05) is 21.6 Å². The van der Waals surface area contributed by atoms with Crippen LogP contribution < -0.4 is 10.6 Å². The van der Waals surface area contributed by atoms with Crippen LogP contribution in [0.15, 0.2) is 36.4 Å². The molecular weight excluding hydrogens is 338 g/mol. The first-order valence-electron chi connectivity index (χ1n) is 5.89. The van der Waals surface area contributed by atoms with Crippen LogP contribution in [-0.2, 0) is 6.54 Å². The highest BCUT2D eigenvalue weighted by Gasteiger charge is 2.08. The summed E-state index contributed by atoms with van der Waals surface area (Å²) in [6.45, 7) is 0.192. The van der Waals surface area contributed by atoms with Gasteiger partial charge in [0.25, 0.3) is 0 Å². The second-order valence-electron chi connectivity index (χ2n) is 4.17. The van der Waals surface area contributed by atoms with E-state index in [4.69, 9.17) is 34.8 Å². The SMILES string of the molecule is O=C(NCc1ccc(Cl)cc1Cl)Nc1ccc(Cl)cc1F. The van der Waals surface area contributed by atoms with E-state index in [1.807, 2.05) is 0 Å². The van der Waals surface area contributed by atoms with Crippen LogP contribution in [0, 0.1) is 5.82 Å². The fraction of sp³-hybridized carbons (Fsp3) is 0.0714. The fourth-order valence-corrected chi connectivity index (χ4v) is 2.23. The van der Waals surface area contributed by atoms with Crippen LogP contribution in [0.2, 0.25) is 15.1 Å².